The van der Waals surface area contributed by atoms with Crippen molar-refractivity contribution in [1.29, 1.82) is 0 Å². The standard InChI is InChI=1S/C17H27N3OS/c1-19-8-15(7-18-19)9-20-12-17(13-20)6-16(11-22-17)21-10-14-4-2-3-5-14/h7-8,14,16H,2-6,9-13H2,1H3/t16-/m1/s1. The van der Waals surface area contributed by atoms with Crippen LogP contribution in [0.1, 0.15) is 37.7 Å². The van der Waals surface area contributed by atoms with Crippen molar-refractivity contribution in [3.05, 3.63) is 18.0 Å². The minimum absolute atomic E-state index is 0.489. The molecule has 4 rings (SSSR count). The highest BCUT2D eigenvalue weighted by molar-refractivity contribution is 8.01. The summed E-state index contributed by atoms with van der Waals surface area (Å²) in [7, 11) is 1.99. The zero-order valence-corrected chi connectivity index (χ0v) is 14.4. The molecular formula is C17H27N3OS. The van der Waals surface area contributed by atoms with Crippen LogP contribution in [0.2, 0.25) is 0 Å². The van der Waals surface area contributed by atoms with E-state index >= 15 is 0 Å². The lowest BCUT2D eigenvalue weighted by atomic mass is 9.92. The Morgan fingerprint density at radius 1 is 1.36 bits per heavy atom. The van der Waals surface area contributed by atoms with E-state index in [1.54, 1.807) is 0 Å². The molecule has 3 fully saturated rings. The quantitative estimate of drug-likeness (QED) is 0.834. The second kappa shape index (κ2) is 6.17. The van der Waals surface area contributed by atoms with Crippen molar-refractivity contribution in [3.63, 3.8) is 0 Å². The maximum atomic E-state index is 6.22. The third-order valence-electron chi connectivity index (χ3n) is 5.41. The number of nitrogens with zero attached hydrogens (tertiary/aromatic N) is 3. The Hall–Kier alpha value is -0.520. The number of rotatable bonds is 5. The molecule has 2 aliphatic heterocycles. The van der Waals surface area contributed by atoms with Gasteiger partial charge in [0.1, 0.15) is 0 Å². The van der Waals surface area contributed by atoms with Gasteiger partial charge in [-0.2, -0.15) is 5.10 Å². The van der Waals surface area contributed by atoms with E-state index in [1.807, 2.05) is 17.9 Å². The third kappa shape index (κ3) is 3.22. The van der Waals surface area contributed by atoms with Crippen molar-refractivity contribution >= 4 is 11.8 Å². The number of likely N-dealkylation sites (tertiary alicyclic amines) is 1. The van der Waals surface area contributed by atoms with Gasteiger partial charge in [0.2, 0.25) is 0 Å². The molecule has 3 heterocycles. The summed E-state index contributed by atoms with van der Waals surface area (Å²) in [5, 5.41) is 4.26. The Bertz CT molecular complexity index is 506. The molecule has 4 nitrogen and oxygen atoms in total. The van der Waals surface area contributed by atoms with Crippen molar-refractivity contribution in [1.82, 2.24) is 14.7 Å². The Balaban J connectivity index is 1.20. The van der Waals surface area contributed by atoms with Crippen LogP contribution in [0.15, 0.2) is 12.4 Å². The molecule has 1 saturated carbocycles. The number of aryl methyl sites for hydroxylation is 1. The number of aromatic nitrogens is 2. The monoisotopic (exact) mass is 321 g/mol. The van der Waals surface area contributed by atoms with Crippen molar-refractivity contribution < 1.29 is 4.74 Å². The minimum atomic E-state index is 0.489. The molecule has 122 valence electrons. The predicted molar refractivity (Wildman–Crippen MR) is 90.0 cm³/mol. The first-order chi connectivity index (χ1) is 10.7. The van der Waals surface area contributed by atoms with Gasteiger partial charge in [0.25, 0.3) is 0 Å². The van der Waals surface area contributed by atoms with Crippen LogP contribution >= 0.6 is 11.8 Å². The normalized spacial score (nSPS) is 28.5. The second-order valence-electron chi connectivity index (χ2n) is 7.47. The molecule has 1 atom stereocenters. The molecule has 0 radical (unpaired) electrons. The van der Waals surface area contributed by atoms with Gasteiger partial charge >= 0.3 is 0 Å². The molecule has 3 aliphatic rings. The van der Waals surface area contributed by atoms with Crippen LogP contribution in [0.3, 0.4) is 0 Å². The fraction of sp³-hybridized carbons (Fsp3) is 0.824. The van der Waals surface area contributed by atoms with Gasteiger partial charge in [-0.25, -0.2) is 0 Å². The summed E-state index contributed by atoms with van der Waals surface area (Å²) in [4.78, 5) is 2.55. The van der Waals surface area contributed by atoms with Crippen molar-refractivity contribution in [2.24, 2.45) is 13.0 Å². The summed E-state index contributed by atoms with van der Waals surface area (Å²) >= 11 is 2.15. The summed E-state index contributed by atoms with van der Waals surface area (Å²) in [6.07, 6.45) is 11.5. The van der Waals surface area contributed by atoms with Crippen LogP contribution in [-0.2, 0) is 18.3 Å². The van der Waals surface area contributed by atoms with Crippen LogP contribution in [0.4, 0.5) is 0 Å². The highest BCUT2D eigenvalue weighted by Gasteiger charge is 2.49. The van der Waals surface area contributed by atoms with E-state index in [2.05, 4.69) is 28.0 Å². The lowest BCUT2D eigenvalue weighted by Crippen LogP contribution is -2.58. The molecule has 1 aromatic rings. The number of ether oxygens (including phenoxy) is 1. The van der Waals surface area contributed by atoms with Gasteiger partial charge < -0.3 is 4.74 Å². The van der Waals surface area contributed by atoms with Gasteiger partial charge in [-0.15, -0.1) is 11.8 Å². The molecule has 1 aromatic heterocycles. The lowest BCUT2D eigenvalue weighted by molar-refractivity contribution is 0.0193. The van der Waals surface area contributed by atoms with E-state index in [9.17, 15) is 0 Å². The molecule has 1 aliphatic carbocycles. The number of hydrogen-bond donors (Lipinski definition) is 0. The largest absolute Gasteiger partial charge is 0.377 e. The van der Waals surface area contributed by atoms with E-state index in [-0.39, 0.29) is 0 Å². The molecule has 5 heteroatoms. The Morgan fingerprint density at radius 2 is 2.18 bits per heavy atom. The van der Waals surface area contributed by atoms with Gasteiger partial charge in [-0.3, -0.25) is 9.58 Å². The molecule has 0 unspecified atom stereocenters. The van der Waals surface area contributed by atoms with E-state index in [0.717, 1.165) is 19.1 Å². The van der Waals surface area contributed by atoms with E-state index in [1.165, 1.54) is 56.5 Å². The van der Waals surface area contributed by atoms with E-state index in [0.29, 0.717) is 10.9 Å². The molecule has 22 heavy (non-hydrogen) atoms. The van der Waals surface area contributed by atoms with Gasteiger partial charge in [-0.1, -0.05) is 12.8 Å². The first kappa shape index (κ1) is 15.0. The summed E-state index contributed by atoms with van der Waals surface area (Å²) in [6.45, 7) is 4.50. The summed E-state index contributed by atoms with van der Waals surface area (Å²) in [5.74, 6) is 2.05. The van der Waals surface area contributed by atoms with Crippen LogP contribution in [-0.4, -0.2) is 51.0 Å². The molecule has 1 spiro atoms. The maximum Gasteiger partial charge on any atom is 0.0680 e. The summed E-state index contributed by atoms with van der Waals surface area (Å²) in [5.41, 5.74) is 1.33. The molecule has 0 aromatic carbocycles. The lowest BCUT2D eigenvalue weighted by Gasteiger charge is -2.47. The van der Waals surface area contributed by atoms with Crippen LogP contribution < -0.4 is 0 Å². The molecule has 0 bridgehead atoms. The van der Waals surface area contributed by atoms with Gasteiger partial charge in [0.15, 0.2) is 0 Å². The second-order valence-corrected chi connectivity index (χ2v) is 8.96. The molecular weight excluding hydrogens is 294 g/mol. The van der Waals surface area contributed by atoms with Gasteiger partial charge in [-0.05, 0) is 25.2 Å². The van der Waals surface area contributed by atoms with E-state index in [4.69, 9.17) is 4.74 Å². The van der Waals surface area contributed by atoms with Crippen LogP contribution in [0.25, 0.3) is 0 Å². The summed E-state index contributed by atoms with van der Waals surface area (Å²) < 4.78 is 8.60. The molecule has 2 saturated heterocycles. The van der Waals surface area contributed by atoms with Crippen molar-refractivity contribution in [2.45, 2.75) is 49.5 Å². The first-order valence-corrected chi connectivity index (χ1v) is 9.65. The summed E-state index contributed by atoms with van der Waals surface area (Å²) in [6, 6.07) is 0. The van der Waals surface area contributed by atoms with E-state index < -0.39 is 0 Å². The zero-order valence-electron chi connectivity index (χ0n) is 13.5. The fourth-order valence-electron chi connectivity index (χ4n) is 4.27. The highest BCUT2D eigenvalue weighted by Crippen LogP contribution is 2.46. The average molecular weight is 321 g/mol. The van der Waals surface area contributed by atoms with Crippen LogP contribution in [0.5, 0.6) is 0 Å². The van der Waals surface area contributed by atoms with Gasteiger partial charge in [0.05, 0.1) is 12.3 Å². The first-order valence-electron chi connectivity index (χ1n) is 8.66. The fourth-order valence-corrected chi connectivity index (χ4v) is 5.88. The number of thioether (sulfide) groups is 1. The Morgan fingerprint density at radius 3 is 2.91 bits per heavy atom. The highest BCUT2D eigenvalue weighted by atomic mass is 32.2. The zero-order chi connectivity index (χ0) is 15.0. The van der Waals surface area contributed by atoms with Gasteiger partial charge in [0, 0.05) is 55.5 Å². The Kier molecular flexibility index (Phi) is 4.22. The minimum Gasteiger partial charge on any atom is -0.377 e. The molecule has 0 N–H and O–H groups in total. The predicted octanol–water partition coefficient (Wildman–Crippen LogP) is 2.69. The topological polar surface area (TPSA) is 30.3 Å². The van der Waals surface area contributed by atoms with Crippen LogP contribution in [0, 0.1) is 5.92 Å². The smallest absolute Gasteiger partial charge is 0.0680 e. The van der Waals surface area contributed by atoms with Crippen molar-refractivity contribution in [2.75, 3.05) is 25.4 Å². The Labute approximate surface area is 137 Å². The SMILES string of the molecule is Cn1cc(CN2CC3(C[C@@H](OCC4CCCC4)CS3)C2)cn1. The maximum absolute atomic E-state index is 6.22. The number of hydrogen-bond acceptors (Lipinski definition) is 4. The van der Waals surface area contributed by atoms with Crippen molar-refractivity contribution in [3.8, 4) is 0 Å². The average Bonchev–Trinajstić information content (AvgIpc) is 3.17. The molecule has 0 amide bonds. The third-order valence-corrected chi connectivity index (χ3v) is 6.98.